The second kappa shape index (κ2) is 10.8. The minimum absolute atomic E-state index is 0. The van der Waals surface area contributed by atoms with E-state index in [0.717, 1.165) is 77.0 Å². The van der Waals surface area contributed by atoms with Gasteiger partial charge in [-0.05, 0) is 103 Å². The van der Waals surface area contributed by atoms with Gasteiger partial charge in [0.25, 0.3) is 0 Å². The third-order valence-corrected chi connectivity index (χ3v) is 10.6. The van der Waals surface area contributed by atoms with Gasteiger partial charge in [-0.15, -0.1) is 0 Å². The van der Waals surface area contributed by atoms with Gasteiger partial charge >= 0.3 is 29.0 Å². The molecule has 7 heteroatoms. The molecule has 8 aliphatic carbocycles. The van der Waals surface area contributed by atoms with Crippen LogP contribution in [0.4, 0.5) is 0 Å². The van der Waals surface area contributed by atoms with Gasteiger partial charge < -0.3 is 9.47 Å². The summed E-state index contributed by atoms with van der Waals surface area (Å²) in [6.07, 6.45) is 10.8. The van der Waals surface area contributed by atoms with E-state index in [4.69, 9.17) is 9.47 Å². The van der Waals surface area contributed by atoms with Crippen molar-refractivity contribution in [3.8, 4) is 0 Å². The summed E-state index contributed by atoms with van der Waals surface area (Å²) in [5.74, 6) is 2.60. The van der Waals surface area contributed by atoms with Crippen molar-refractivity contribution in [1.29, 1.82) is 0 Å². The Morgan fingerprint density at radius 1 is 0.676 bits per heavy atom. The number of ether oxygens (including phenoxy) is 2. The third-order valence-electron chi connectivity index (χ3n) is 10.6. The first-order chi connectivity index (χ1) is 17.1. The van der Waals surface area contributed by atoms with Crippen LogP contribution in [0.25, 0.3) is 0 Å². The van der Waals surface area contributed by atoms with E-state index in [1.165, 1.54) is 0 Å². The number of ketones is 2. The quantitative estimate of drug-likeness (QED) is 0.316. The fraction of sp³-hybridized carbons (Fsp3) is 0.867. The number of Topliss-reactive ketones (excluding diaryl/α,β-unsaturated/α-hetero) is 2. The van der Waals surface area contributed by atoms with Crippen LogP contribution in [0.2, 0.25) is 0 Å². The Labute approximate surface area is 232 Å². The molecule has 8 bridgehead atoms. The number of hydrogen-bond donors (Lipinski definition) is 0. The Morgan fingerprint density at radius 2 is 0.973 bits per heavy atom. The molecule has 8 aliphatic rings. The molecule has 6 unspecified atom stereocenters. The molecule has 0 heterocycles. The Hall–Kier alpha value is -1.20. The molecule has 0 N–H and O–H groups in total. The predicted octanol–water partition coefficient (Wildman–Crippen LogP) is 5.44. The number of hydrogen-bond acceptors (Lipinski definition) is 6. The monoisotopic (exact) mass is 563 g/mol. The first-order valence-electron chi connectivity index (χ1n) is 14.6. The van der Waals surface area contributed by atoms with E-state index >= 15 is 0 Å². The molecule has 0 aromatic heterocycles. The van der Waals surface area contributed by atoms with Crippen LogP contribution in [0, 0.1) is 46.3 Å². The molecule has 6 atom stereocenters. The van der Waals surface area contributed by atoms with Crippen LogP contribution in [0.15, 0.2) is 0 Å². The zero-order chi connectivity index (χ0) is 25.8. The van der Waals surface area contributed by atoms with Crippen molar-refractivity contribution in [2.24, 2.45) is 46.3 Å². The van der Waals surface area contributed by atoms with Crippen molar-refractivity contribution in [3.63, 3.8) is 0 Å². The van der Waals surface area contributed by atoms with Crippen molar-refractivity contribution in [3.05, 3.63) is 0 Å². The summed E-state index contributed by atoms with van der Waals surface area (Å²) >= 11 is 0. The zero-order valence-corrected chi connectivity index (χ0v) is 23.8. The van der Waals surface area contributed by atoms with Gasteiger partial charge in [0.05, 0.1) is 23.0 Å². The first kappa shape index (κ1) is 28.8. The summed E-state index contributed by atoms with van der Waals surface area (Å²) in [4.78, 5) is 49.0. The van der Waals surface area contributed by atoms with Crippen molar-refractivity contribution < 1.29 is 45.7 Å². The van der Waals surface area contributed by atoms with E-state index in [0.29, 0.717) is 23.4 Å². The smallest absolute Gasteiger partial charge is 0.462 e. The van der Waals surface area contributed by atoms with Crippen molar-refractivity contribution in [1.82, 2.24) is 0 Å². The third kappa shape index (κ3) is 5.21. The molecule has 6 nitrogen and oxygen atoms in total. The van der Waals surface area contributed by atoms with Crippen LogP contribution in [0.1, 0.15) is 105 Å². The number of esters is 2. The molecule has 0 aromatic carbocycles. The standard InChI is InChI=1S/2C15H22O3.Cu/c2*1-3-9(2)18-14(17)15-6-10-4-11(7-15)13(16)12(5-10)8-15;/h2*9-12H,3-8H2,1-2H3;/q;;+2. The van der Waals surface area contributed by atoms with Gasteiger partial charge in [0, 0.05) is 23.7 Å². The summed E-state index contributed by atoms with van der Waals surface area (Å²) in [5.41, 5.74) is -0.623. The van der Waals surface area contributed by atoms with Gasteiger partial charge in [-0.1, -0.05) is 13.8 Å². The first-order valence-corrected chi connectivity index (χ1v) is 14.6. The van der Waals surface area contributed by atoms with Gasteiger partial charge in [0.2, 0.25) is 0 Å². The van der Waals surface area contributed by atoms with Crippen LogP contribution in [-0.4, -0.2) is 35.7 Å². The Bertz CT molecular complexity index is 819. The van der Waals surface area contributed by atoms with Crippen LogP contribution >= 0.6 is 0 Å². The molecule has 0 aliphatic heterocycles. The fourth-order valence-electron chi connectivity index (χ4n) is 8.78. The molecular formula is C30H44CuO6+2. The Morgan fingerprint density at radius 3 is 1.24 bits per heavy atom. The second-order valence-electron chi connectivity index (χ2n) is 13.3. The van der Waals surface area contributed by atoms with Crippen LogP contribution in [-0.2, 0) is 45.7 Å². The second-order valence-corrected chi connectivity index (χ2v) is 13.3. The summed E-state index contributed by atoms with van der Waals surface area (Å²) in [5, 5.41) is 0. The minimum Gasteiger partial charge on any atom is -0.462 e. The molecule has 8 fully saturated rings. The van der Waals surface area contributed by atoms with E-state index in [1.807, 2.05) is 27.7 Å². The zero-order valence-electron chi connectivity index (χ0n) is 22.9. The maximum atomic E-state index is 12.4. The van der Waals surface area contributed by atoms with Crippen molar-refractivity contribution >= 4 is 23.5 Å². The Kier molecular flexibility index (Phi) is 8.37. The largest absolute Gasteiger partial charge is 2.00 e. The average molecular weight is 564 g/mol. The molecule has 1 radical (unpaired) electrons. The summed E-state index contributed by atoms with van der Waals surface area (Å²) in [6.45, 7) is 7.95. The predicted molar refractivity (Wildman–Crippen MR) is 134 cm³/mol. The molecule has 8 rings (SSSR count). The van der Waals surface area contributed by atoms with E-state index in [9.17, 15) is 19.2 Å². The van der Waals surface area contributed by atoms with E-state index in [1.54, 1.807) is 0 Å². The van der Waals surface area contributed by atoms with Crippen molar-refractivity contribution in [2.75, 3.05) is 0 Å². The molecule has 0 spiro atoms. The maximum absolute atomic E-state index is 12.4. The van der Waals surface area contributed by atoms with Gasteiger partial charge in [0.15, 0.2) is 0 Å². The van der Waals surface area contributed by atoms with Gasteiger partial charge in [-0.2, -0.15) is 0 Å². The average Bonchev–Trinajstić information content (AvgIpc) is 2.84. The minimum atomic E-state index is -0.312. The number of carbonyl (C=O) groups is 4. The summed E-state index contributed by atoms with van der Waals surface area (Å²) in [7, 11) is 0. The number of carbonyl (C=O) groups excluding carboxylic acids is 4. The maximum Gasteiger partial charge on any atom is 2.00 e. The van der Waals surface area contributed by atoms with E-state index in [-0.39, 0.29) is 75.7 Å². The Balaban J connectivity index is 0.000000168. The molecule has 209 valence electrons. The molecule has 8 saturated carbocycles. The SMILES string of the molecule is CCC(C)OC(=O)C12CC3CC(C1)C(=O)C(C3)C2.CCC(C)OC(=O)C12CC3CC(C1)C(=O)C(C3)C2.[Cu+2]. The molecular weight excluding hydrogens is 520 g/mol. The molecule has 37 heavy (non-hydrogen) atoms. The van der Waals surface area contributed by atoms with E-state index < -0.39 is 0 Å². The van der Waals surface area contributed by atoms with Crippen LogP contribution in [0.5, 0.6) is 0 Å². The molecule has 0 amide bonds. The van der Waals surface area contributed by atoms with E-state index in [2.05, 4.69) is 0 Å². The van der Waals surface area contributed by atoms with Crippen molar-refractivity contribution in [2.45, 2.75) is 117 Å². The van der Waals surface area contributed by atoms with Crippen LogP contribution < -0.4 is 0 Å². The van der Waals surface area contributed by atoms with Gasteiger partial charge in [-0.25, -0.2) is 0 Å². The molecule has 0 aromatic rings. The number of rotatable bonds is 6. The van der Waals surface area contributed by atoms with Crippen LogP contribution in [0.3, 0.4) is 0 Å². The topological polar surface area (TPSA) is 86.7 Å². The summed E-state index contributed by atoms with van der Waals surface area (Å²) in [6, 6.07) is 0. The fourth-order valence-corrected chi connectivity index (χ4v) is 8.78. The van der Waals surface area contributed by atoms with Gasteiger partial charge in [-0.3, -0.25) is 19.2 Å². The van der Waals surface area contributed by atoms with Gasteiger partial charge in [0.1, 0.15) is 11.6 Å². The molecule has 0 saturated heterocycles. The summed E-state index contributed by atoms with van der Waals surface area (Å²) < 4.78 is 11.1. The normalized spacial score (nSPS) is 41.8.